The number of ketones is 3. The molecular weight excluding hydrogens is 937 g/mol. The van der Waals surface area contributed by atoms with Crippen LogP contribution in [0, 0.1) is 35.5 Å². The van der Waals surface area contributed by atoms with Crippen molar-refractivity contribution >= 4 is 29.2 Å². The van der Waals surface area contributed by atoms with E-state index in [2.05, 4.69) is 10.0 Å². The highest BCUT2D eigenvalue weighted by Crippen LogP contribution is 2.38. The number of azide groups is 1. The predicted octanol–water partition coefficient (Wildman–Crippen LogP) is 8.42. The van der Waals surface area contributed by atoms with E-state index < -0.39 is 83.5 Å². The van der Waals surface area contributed by atoms with Gasteiger partial charge in [-0.25, -0.2) is 4.79 Å². The van der Waals surface area contributed by atoms with E-state index in [0.29, 0.717) is 64.5 Å². The van der Waals surface area contributed by atoms with Gasteiger partial charge in [0.15, 0.2) is 5.78 Å². The second-order valence-corrected chi connectivity index (χ2v) is 21.6. The van der Waals surface area contributed by atoms with Gasteiger partial charge in [-0.05, 0) is 125 Å². The highest BCUT2D eigenvalue weighted by molar-refractivity contribution is 6.39. The zero-order valence-electron chi connectivity index (χ0n) is 45.2. The van der Waals surface area contributed by atoms with Crippen molar-refractivity contribution in [1.29, 1.82) is 0 Å². The molecule has 0 spiro atoms. The molecule has 4 aliphatic rings. The number of unbranched alkanes of at least 4 members (excludes halogenated alkanes) is 3. The number of methoxy groups -OCH3 is 2. The molecule has 2 saturated heterocycles. The lowest BCUT2D eigenvalue weighted by Gasteiger charge is -2.42. The molecule has 4 rings (SSSR count). The Labute approximate surface area is 434 Å². The molecule has 17 nitrogen and oxygen atoms in total. The number of carbonyl (C=O) groups is 5. The lowest BCUT2D eigenvalue weighted by atomic mass is 9.78. The van der Waals surface area contributed by atoms with Gasteiger partial charge in [0.05, 0.1) is 24.4 Å². The first-order valence-corrected chi connectivity index (χ1v) is 27.0. The fourth-order valence-corrected chi connectivity index (χ4v) is 11.0. The summed E-state index contributed by atoms with van der Waals surface area (Å²) in [4.78, 5) is 74.8. The molecule has 0 unspecified atom stereocenters. The molecule has 15 atom stereocenters. The molecule has 3 heterocycles. The van der Waals surface area contributed by atoms with E-state index in [0.717, 1.165) is 44.1 Å². The van der Waals surface area contributed by atoms with Gasteiger partial charge in [0, 0.05) is 69.4 Å². The summed E-state index contributed by atoms with van der Waals surface area (Å²) in [6.07, 6.45) is 14.6. The monoisotopic (exact) mass is 1020 g/mol. The summed E-state index contributed by atoms with van der Waals surface area (Å²) in [5, 5.41) is 37.9. The molecule has 1 amide bonds. The minimum absolute atomic E-state index is 0.0423. The summed E-state index contributed by atoms with van der Waals surface area (Å²) >= 11 is 0. The third-order valence-electron chi connectivity index (χ3n) is 15.8. The van der Waals surface area contributed by atoms with Crippen molar-refractivity contribution in [3.05, 3.63) is 58.0 Å². The van der Waals surface area contributed by atoms with Crippen LogP contribution in [0.2, 0.25) is 0 Å². The molecule has 1 aliphatic carbocycles. The van der Waals surface area contributed by atoms with Gasteiger partial charge in [0.1, 0.15) is 30.1 Å². The molecule has 73 heavy (non-hydrogen) atoms. The minimum atomic E-state index is -2.44. The van der Waals surface area contributed by atoms with Crippen LogP contribution >= 0.6 is 0 Å². The summed E-state index contributed by atoms with van der Waals surface area (Å²) < 4.78 is 30.6. The Morgan fingerprint density at radius 1 is 0.863 bits per heavy atom. The zero-order valence-corrected chi connectivity index (χ0v) is 45.2. The van der Waals surface area contributed by atoms with Crippen molar-refractivity contribution in [2.75, 3.05) is 33.9 Å². The molecule has 0 aromatic carbocycles. The second-order valence-electron chi connectivity index (χ2n) is 21.6. The van der Waals surface area contributed by atoms with Crippen LogP contribution in [0.3, 0.4) is 0 Å². The lowest BCUT2D eigenvalue weighted by molar-refractivity contribution is -0.265. The smallest absolute Gasteiger partial charge is 0.329 e. The maximum atomic E-state index is 14.5. The second kappa shape index (κ2) is 30.5. The van der Waals surface area contributed by atoms with Crippen molar-refractivity contribution < 1.29 is 63.0 Å². The number of Topliss-reactive ketones (excluding diaryl/α,β-unsaturated/α-hetero) is 3. The third kappa shape index (κ3) is 18.0. The van der Waals surface area contributed by atoms with Crippen molar-refractivity contribution in [3.63, 3.8) is 0 Å². The molecule has 1 saturated carbocycles. The van der Waals surface area contributed by atoms with E-state index in [1.54, 1.807) is 41.9 Å². The maximum absolute atomic E-state index is 14.5. The number of fused-ring (bicyclic) bond motifs is 3. The fourth-order valence-electron chi connectivity index (χ4n) is 11.0. The number of aliphatic hydroxyl groups is 3. The number of piperidine rings is 1. The molecule has 2 bridgehead atoms. The van der Waals surface area contributed by atoms with Crippen LogP contribution in [0.5, 0.6) is 0 Å². The molecule has 3 fully saturated rings. The van der Waals surface area contributed by atoms with Gasteiger partial charge >= 0.3 is 5.97 Å². The van der Waals surface area contributed by atoms with Crippen LogP contribution in [-0.2, 0) is 47.7 Å². The van der Waals surface area contributed by atoms with Gasteiger partial charge in [0.25, 0.3) is 11.7 Å². The van der Waals surface area contributed by atoms with Crippen molar-refractivity contribution in [1.82, 2.24) is 4.90 Å². The zero-order chi connectivity index (χ0) is 53.8. The number of hydrogen-bond donors (Lipinski definition) is 3. The number of nitrogens with zero attached hydrogens (tertiary/aromatic N) is 4. The SMILES string of the molecule is CO[C@H]1C[C@@H]2CC[C@@H](C)[C@@](O)(O2)C(=O)C(=O)N2CCCC[C@H]2C(=O)O[C@H]([C@H](C)C[C@@H]2CC[C@@H](OCCCCCCN=[N+]=[N-])[C@H](OC)C2)CC(=O)[C@H](C)/C=C(\C)[C@@H](O)[C@@H](O)C(=O)[C@H](C)C[C@H](C)/C=C/C=CC=C1C. The van der Waals surface area contributed by atoms with E-state index in [1.165, 1.54) is 11.0 Å². The topological polar surface area (TPSA) is 244 Å². The minimum Gasteiger partial charge on any atom is -0.460 e. The van der Waals surface area contributed by atoms with Crippen LogP contribution in [0.1, 0.15) is 151 Å². The maximum Gasteiger partial charge on any atom is 0.329 e. The number of cyclic esters (lactones) is 1. The van der Waals surface area contributed by atoms with Gasteiger partial charge in [-0.3, -0.25) is 19.2 Å². The summed E-state index contributed by atoms with van der Waals surface area (Å²) in [7, 11) is 3.24. The standard InChI is InChI=1S/C56H88N4O13/c1-35-19-13-12-14-20-36(2)47(69-8)33-43-24-22-41(7)56(68,73-43)53(65)54(66)60-27-17-15-21-44(60)55(67)72-48(34-45(61)37(3)30-40(6)51(63)52(64)50(62)39(5)29-35)38(4)31-42-23-25-46(49(32-42)70-9)71-28-18-11-10-16-26-58-59-57/h12-14,19-20,30,35,37-39,41-44,46-49,51-52,63-64,68H,10-11,15-18,21-29,31-34H2,1-9H3/b14-12?,19-13+,36-20?,40-30+/t35-,37-,38-,39-,41-,42+,43+,44+,46-,47+,48+,49-,51-,52+,56-/m1/s1. The van der Waals surface area contributed by atoms with Gasteiger partial charge in [-0.2, -0.15) is 0 Å². The molecule has 0 aromatic heterocycles. The van der Waals surface area contributed by atoms with Crippen LogP contribution < -0.4 is 0 Å². The summed E-state index contributed by atoms with van der Waals surface area (Å²) in [6.45, 7) is 13.5. The van der Waals surface area contributed by atoms with Crippen LogP contribution in [0.4, 0.5) is 0 Å². The number of rotatable bonds is 13. The van der Waals surface area contributed by atoms with Gasteiger partial charge < -0.3 is 43.9 Å². The number of esters is 1. The first-order valence-electron chi connectivity index (χ1n) is 27.0. The Kier molecular flexibility index (Phi) is 25.7. The number of carbonyl (C=O) groups excluding carboxylic acids is 5. The molecule has 0 aromatic rings. The Bertz CT molecular complexity index is 2000. The predicted molar refractivity (Wildman–Crippen MR) is 277 cm³/mol. The first kappa shape index (κ1) is 61.5. The van der Waals surface area contributed by atoms with E-state index in [4.69, 9.17) is 29.2 Å². The quantitative estimate of drug-likeness (QED) is 0.0299. The lowest BCUT2D eigenvalue weighted by Crippen LogP contribution is -2.61. The van der Waals surface area contributed by atoms with Gasteiger partial charge in [-0.15, -0.1) is 0 Å². The van der Waals surface area contributed by atoms with Crippen molar-refractivity contribution in [2.45, 2.75) is 206 Å². The highest BCUT2D eigenvalue weighted by Gasteiger charge is 2.53. The van der Waals surface area contributed by atoms with Crippen molar-refractivity contribution in [3.8, 4) is 0 Å². The molecule has 17 heteroatoms. The highest BCUT2D eigenvalue weighted by atomic mass is 16.6. The first-order chi connectivity index (χ1) is 34.7. The molecule has 0 radical (unpaired) electrons. The molecule has 3 aliphatic heterocycles. The number of aliphatic hydroxyl groups excluding tert-OH is 2. The molecular formula is C56H88N4O13. The average Bonchev–Trinajstić information content (AvgIpc) is 3.37. The fraction of sp³-hybridized carbons (Fsp3) is 0.768. The van der Waals surface area contributed by atoms with E-state index in [1.807, 2.05) is 51.2 Å². The Balaban J connectivity index is 1.62. The van der Waals surface area contributed by atoms with Gasteiger partial charge in [0.2, 0.25) is 5.79 Å². The Morgan fingerprint density at radius 2 is 1.60 bits per heavy atom. The summed E-state index contributed by atoms with van der Waals surface area (Å²) in [6, 6.07) is -1.16. The van der Waals surface area contributed by atoms with Crippen LogP contribution in [-0.4, -0.2) is 138 Å². The summed E-state index contributed by atoms with van der Waals surface area (Å²) in [5.41, 5.74) is 9.61. The Morgan fingerprint density at radius 3 is 2.32 bits per heavy atom. The van der Waals surface area contributed by atoms with Crippen LogP contribution in [0.15, 0.2) is 52.7 Å². The van der Waals surface area contributed by atoms with Gasteiger partial charge in [-0.1, -0.05) is 89.0 Å². The van der Waals surface area contributed by atoms with Crippen molar-refractivity contribution in [2.24, 2.45) is 40.6 Å². The molecule has 3 N–H and O–H groups in total. The number of allylic oxidation sites excluding steroid dienone is 6. The van der Waals surface area contributed by atoms with E-state index in [-0.39, 0.29) is 60.7 Å². The van der Waals surface area contributed by atoms with E-state index >= 15 is 0 Å². The number of hydrogen-bond acceptors (Lipinski definition) is 14. The van der Waals surface area contributed by atoms with E-state index in [9.17, 15) is 39.3 Å². The Hall–Kier alpha value is -4.06. The van der Waals surface area contributed by atoms with Crippen LogP contribution in [0.25, 0.3) is 10.4 Å². The average molecular weight is 1030 g/mol. The normalized spacial score (nSPS) is 36.0. The third-order valence-corrected chi connectivity index (χ3v) is 15.8. The number of amides is 1. The number of ether oxygens (including phenoxy) is 5. The summed E-state index contributed by atoms with van der Waals surface area (Å²) in [5.74, 6) is -8.55. The molecule has 410 valence electrons. The largest absolute Gasteiger partial charge is 0.460 e.